The standard InChI is InChI=1S/C26H23N5O2S.2C2H6/c1-15-8-9-19(30-23(32)17-6-5-7-18(10-17)26(3,4)14-27)11-20(15)31-24(33)22-12-21-25(34-22)29-16(2)13-28-21;2*1-2/h5-13H,1-4H3,(H,30,32)(H,31,33);2*1-2H3. The number of benzene rings is 2. The third-order valence-electron chi connectivity index (χ3n) is 5.46. The molecular weight excluding hydrogens is 494 g/mol. The minimum Gasteiger partial charge on any atom is -0.322 e. The summed E-state index contributed by atoms with van der Waals surface area (Å²) >= 11 is 1.28. The van der Waals surface area contributed by atoms with Crippen molar-refractivity contribution in [1.82, 2.24) is 9.97 Å². The third-order valence-corrected chi connectivity index (χ3v) is 6.47. The molecule has 0 aliphatic heterocycles. The second-order valence-corrected chi connectivity index (χ2v) is 9.60. The second-order valence-electron chi connectivity index (χ2n) is 8.57. The Morgan fingerprint density at radius 2 is 1.66 bits per heavy atom. The van der Waals surface area contributed by atoms with Crippen LogP contribution in [0, 0.1) is 25.2 Å². The second kappa shape index (κ2) is 13.5. The predicted octanol–water partition coefficient (Wildman–Crippen LogP) is 7.67. The normalized spacial score (nSPS) is 10.3. The van der Waals surface area contributed by atoms with Gasteiger partial charge in [0.15, 0.2) is 0 Å². The Hall–Kier alpha value is -4.09. The number of amides is 2. The maximum Gasteiger partial charge on any atom is 0.265 e. The fourth-order valence-corrected chi connectivity index (χ4v) is 4.27. The summed E-state index contributed by atoms with van der Waals surface area (Å²) in [6.45, 7) is 15.4. The molecule has 0 aliphatic carbocycles. The zero-order valence-electron chi connectivity index (χ0n) is 23.3. The van der Waals surface area contributed by atoms with E-state index in [2.05, 4.69) is 26.7 Å². The average Bonchev–Trinajstić information content (AvgIpc) is 3.36. The number of nitrogens with one attached hydrogen (secondary N) is 2. The Balaban J connectivity index is 0.00000121. The van der Waals surface area contributed by atoms with Crippen LogP contribution in [-0.2, 0) is 5.41 Å². The molecule has 2 heterocycles. The number of carbonyl (C=O) groups excluding carboxylic acids is 2. The summed E-state index contributed by atoms with van der Waals surface area (Å²) in [5.41, 5.74) is 3.99. The van der Waals surface area contributed by atoms with Crippen molar-refractivity contribution in [3.05, 3.63) is 82.0 Å². The summed E-state index contributed by atoms with van der Waals surface area (Å²) < 4.78 is 0. The van der Waals surface area contributed by atoms with Crippen molar-refractivity contribution in [1.29, 1.82) is 5.26 Å². The first-order valence-corrected chi connectivity index (χ1v) is 13.5. The molecule has 0 aliphatic rings. The summed E-state index contributed by atoms with van der Waals surface area (Å²) in [6.07, 6.45) is 1.67. The van der Waals surface area contributed by atoms with Crippen LogP contribution in [0.1, 0.15) is 78.4 Å². The lowest BCUT2D eigenvalue weighted by Gasteiger charge is -2.16. The molecule has 0 atom stereocenters. The molecule has 38 heavy (non-hydrogen) atoms. The first-order valence-electron chi connectivity index (χ1n) is 12.6. The molecule has 8 heteroatoms. The van der Waals surface area contributed by atoms with E-state index in [4.69, 9.17) is 0 Å². The number of hydrogen-bond acceptors (Lipinski definition) is 6. The molecule has 0 saturated heterocycles. The monoisotopic (exact) mass is 529 g/mol. The van der Waals surface area contributed by atoms with Crippen LogP contribution in [0.3, 0.4) is 0 Å². The van der Waals surface area contributed by atoms with Gasteiger partial charge in [0.2, 0.25) is 0 Å². The molecule has 198 valence electrons. The Labute approximate surface area is 229 Å². The van der Waals surface area contributed by atoms with Crippen LogP contribution in [0.4, 0.5) is 11.4 Å². The number of hydrogen-bond donors (Lipinski definition) is 2. The highest BCUT2D eigenvalue weighted by Crippen LogP contribution is 2.27. The minimum atomic E-state index is -0.700. The van der Waals surface area contributed by atoms with Crippen molar-refractivity contribution in [2.45, 2.75) is 60.8 Å². The van der Waals surface area contributed by atoms with Crippen LogP contribution in [0.2, 0.25) is 0 Å². The number of nitriles is 1. The van der Waals surface area contributed by atoms with Crippen LogP contribution in [0.5, 0.6) is 0 Å². The van der Waals surface area contributed by atoms with Crippen LogP contribution < -0.4 is 10.6 Å². The summed E-state index contributed by atoms with van der Waals surface area (Å²) in [5.74, 6) is -0.561. The smallest absolute Gasteiger partial charge is 0.265 e. The molecular formula is C30H35N5O2S. The highest BCUT2D eigenvalue weighted by atomic mass is 32.1. The van der Waals surface area contributed by atoms with Crippen LogP contribution in [-0.4, -0.2) is 21.8 Å². The van der Waals surface area contributed by atoms with E-state index >= 15 is 0 Å². The van der Waals surface area contributed by atoms with Gasteiger partial charge >= 0.3 is 0 Å². The Morgan fingerprint density at radius 1 is 0.947 bits per heavy atom. The van der Waals surface area contributed by atoms with Gasteiger partial charge in [-0.05, 0) is 69.2 Å². The average molecular weight is 530 g/mol. The Bertz CT molecular complexity index is 1470. The molecule has 0 spiro atoms. The summed E-state index contributed by atoms with van der Waals surface area (Å²) in [4.78, 5) is 35.7. The molecule has 4 aromatic rings. The summed E-state index contributed by atoms with van der Waals surface area (Å²) in [5, 5.41) is 15.2. The molecule has 0 radical (unpaired) electrons. The lowest BCUT2D eigenvalue weighted by atomic mass is 9.85. The molecule has 2 aromatic carbocycles. The van der Waals surface area contributed by atoms with Gasteiger partial charge in [-0.15, -0.1) is 11.3 Å². The SMILES string of the molecule is CC.CC.Cc1cnc2cc(C(=O)Nc3cc(NC(=O)c4cccc(C(C)(C)C#N)c4)ccc3C)sc2n1. The van der Waals surface area contributed by atoms with Crippen LogP contribution in [0.15, 0.2) is 54.7 Å². The quantitative estimate of drug-likeness (QED) is 0.276. The number of carbonyl (C=O) groups is 2. The predicted molar refractivity (Wildman–Crippen MR) is 157 cm³/mol. The maximum absolute atomic E-state index is 12.9. The Kier molecular flexibility index (Phi) is 10.7. The number of nitrogens with zero attached hydrogens (tertiary/aromatic N) is 3. The van der Waals surface area contributed by atoms with Crippen LogP contribution in [0.25, 0.3) is 10.3 Å². The van der Waals surface area contributed by atoms with Crippen LogP contribution >= 0.6 is 11.3 Å². The van der Waals surface area contributed by atoms with Gasteiger partial charge in [0.1, 0.15) is 10.3 Å². The van der Waals surface area contributed by atoms with E-state index in [1.54, 1.807) is 42.6 Å². The van der Waals surface area contributed by atoms with Gasteiger partial charge in [0.25, 0.3) is 11.8 Å². The van der Waals surface area contributed by atoms with E-state index < -0.39 is 5.41 Å². The summed E-state index contributed by atoms with van der Waals surface area (Å²) in [7, 11) is 0. The van der Waals surface area contributed by atoms with Crippen molar-refractivity contribution in [3.8, 4) is 6.07 Å². The number of fused-ring (bicyclic) bond motifs is 1. The fraction of sp³-hybridized carbons (Fsp3) is 0.300. The fourth-order valence-electron chi connectivity index (χ4n) is 3.34. The number of rotatable bonds is 5. The first kappa shape index (κ1) is 30.1. The highest BCUT2D eigenvalue weighted by molar-refractivity contribution is 7.20. The number of thiophene rings is 1. The lowest BCUT2D eigenvalue weighted by Crippen LogP contribution is -2.17. The van der Waals surface area contributed by atoms with Gasteiger partial charge in [0.05, 0.1) is 22.1 Å². The topological polar surface area (TPSA) is 108 Å². The number of anilines is 2. The molecule has 2 aromatic heterocycles. The van der Waals surface area contributed by atoms with E-state index in [1.165, 1.54) is 11.3 Å². The van der Waals surface area contributed by atoms with Gasteiger partial charge in [-0.25, -0.2) is 4.98 Å². The van der Waals surface area contributed by atoms with Gasteiger partial charge in [-0.3, -0.25) is 14.6 Å². The van der Waals surface area contributed by atoms with Crippen molar-refractivity contribution in [3.63, 3.8) is 0 Å². The van der Waals surface area contributed by atoms with Crippen molar-refractivity contribution >= 4 is 44.9 Å². The van der Waals surface area contributed by atoms with E-state index in [0.29, 0.717) is 32.2 Å². The molecule has 0 bridgehead atoms. The summed E-state index contributed by atoms with van der Waals surface area (Å²) in [6, 6.07) is 16.3. The van der Waals surface area contributed by atoms with Crippen molar-refractivity contribution in [2.24, 2.45) is 0 Å². The van der Waals surface area contributed by atoms with E-state index in [1.807, 2.05) is 67.5 Å². The van der Waals surface area contributed by atoms with Crippen molar-refractivity contribution < 1.29 is 9.59 Å². The van der Waals surface area contributed by atoms with E-state index in [-0.39, 0.29) is 11.8 Å². The molecule has 4 rings (SSSR count). The molecule has 2 N–H and O–H groups in total. The zero-order valence-corrected chi connectivity index (χ0v) is 24.1. The molecule has 7 nitrogen and oxygen atoms in total. The van der Waals surface area contributed by atoms with Gasteiger partial charge in [-0.1, -0.05) is 45.9 Å². The Morgan fingerprint density at radius 3 is 2.34 bits per heavy atom. The molecule has 0 fully saturated rings. The molecule has 0 saturated carbocycles. The number of aryl methyl sites for hydroxylation is 2. The maximum atomic E-state index is 12.9. The first-order chi connectivity index (χ1) is 18.2. The molecule has 2 amide bonds. The highest BCUT2D eigenvalue weighted by Gasteiger charge is 2.21. The van der Waals surface area contributed by atoms with Gasteiger partial charge in [0, 0.05) is 23.1 Å². The largest absolute Gasteiger partial charge is 0.322 e. The zero-order chi connectivity index (χ0) is 28.5. The number of aromatic nitrogens is 2. The van der Waals surface area contributed by atoms with Crippen molar-refractivity contribution in [2.75, 3.05) is 10.6 Å². The van der Waals surface area contributed by atoms with E-state index in [0.717, 1.165) is 16.8 Å². The molecule has 0 unspecified atom stereocenters. The van der Waals surface area contributed by atoms with E-state index in [9.17, 15) is 14.9 Å². The minimum absolute atomic E-state index is 0.263. The van der Waals surface area contributed by atoms with Gasteiger partial charge < -0.3 is 10.6 Å². The lowest BCUT2D eigenvalue weighted by molar-refractivity contribution is 0.102. The van der Waals surface area contributed by atoms with Gasteiger partial charge in [-0.2, -0.15) is 5.26 Å². The third kappa shape index (κ3) is 7.24.